The van der Waals surface area contributed by atoms with Crippen LogP contribution in [0.4, 0.5) is 0 Å². The van der Waals surface area contributed by atoms with Crippen molar-refractivity contribution in [3.05, 3.63) is 0 Å². The molecular weight excluding hydrogens is 264 g/mol. The molecule has 0 radical (unpaired) electrons. The maximum absolute atomic E-state index is 12.2. The zero-order valence-electron chi connectivity index (χ0n) is 13.9. The van der Waals surface area contributed by atoms with Crippen molar-refractivity contribution in [2.45, 2.75) is 78.6 Å². The van der Waals surface area contributed by atoms with Crippen molar-refractivity contribution < 1.29 is 14.3 Å². The highest BCUT2D eigenvalue weighted by atomic mass is 16.7. The Labute approximate surface area is 128 Å². The minimum absolute atomic E-state index is 0.138. The second kappa shape index (κ2) is 5.57. The molecule has 21 heavy (non-hydrogen) atoms. The van der Waals surface area contributed by atoms with Crippen molar-refractivity contribution in [2.75, 3.05) is 0 Å². The SMILES string of the molecule is CCC(C)(C)C(=O)OC(C)OC1C2CC3CC(C2)CC1C3. The van der Waals surface area contributed by atoms with Gasteiger partial charge in [-0.1, -0.05) is 6.92 Å². The van der Waals surface area contributed by atoms with Crippen LogP contribution in [-0.4, -0.2) is 18.4 Å². The van der Waals surface area contributed by atoms with E-state index in [1.165, 1.54) is 32.1 Å². The van der Waals surface area contributed by atoms with E-state index in [4.69, 9.17) is 9.47 Å². The molecule has 0 heterocycles. The Morgan fingerprint density at radius 1 is 1.10 bits per heavy atom. The third kappa shape index (κ3) is 2.99. The van der Waals surface area contributed by atoms with Gasteiger partial charge in [-0.15, -0.1) is 0 Å². The summed E-state index contributed by atoms with van der Waals surface area (Å²) >= 11 is 0. The van der Waals surface area contributed by atoms with Gasteiger partial charge in [0.15, 0.2) is 6.29 Å². The zero-order valence-corrected chi connectivity index (χ0v) is 13.9. The first-order valence-corrected chi connectivity index (χ1v) is 8.75. The summed E-state index contributed by atoms with van der Waals surface area (Å²) in [6, 6.07) is 0. The predicted molar refractivity (Wildman–Crippen MR) is 81.5 cm³/mol. The molecule has 4 bridgehead atoms. The van der Waals surface area contributed by atoms with Crippen molar-refractivity contribution in [1.29, 1.82) is 0 Å². The zero-order chi connectivity index (χ0) is 15.2. The Morgan fingerprint density at radius 2 is 1.62 bits per heavy atom. The number of rotatable bonds is 5. The summed E-state index contributed by atoms with van der Waals surface area (Å²) in [5.41, 5.74) is -0.415. The summed E-state index contributed by atoms with van der Waals surface area (Å²) in [6.07, 6.45) is 7.48. The lowest BCUT2D eigenvalue weighted by molar-refractivity contribution is -0.224. The van der Waals surface area contributed by atoms with Crippen LogP contribution < -0.4 is 0 Å². The molecule has 1 unspecified atom stereocenters. The predicted octanol–water partition coefficient (Wildman–Crippen LogP) is 4.15. The number of hydrogen-bond acceptors (Lipinski definition) is 3. The fourth-order valence-electron chi connectivity index (χ4n) is 4.80. The Bertz CT molecular complexity index is 373. The molecule has 4 aliphatic carbocycles. The Hall–Kier alpha value is -0.570. The highest BCUT2D eigenvalue weighted by Crippen LogP contribution is 2.54. The van der Waals surface area contributed by atoms with Crippen molar-refractivity contribution in [3.8, 4) is 0 Å². The molecule has 0 aromatic heterocycles. The summed E-state index contributed by atoms with van der Waals surface area (Å²) in [4.78, 5) is 12.2. The normalized spacial score (nSPS) is 39.3. The van der Waals surface area contributed by atoms with E-state index in [0.29, 0.717) is 17.9 Å². The summed E-state index contributed by atoms with van der Waals surface area (Å²) in [5, 5.41) is 0. The van der Waals surface area contributed by atoms with Crippen LogP contribution >= 0.6 is 0 Å². The maximum atomic E-state index is 12.2. The number of carbonyl (C=O) groups excluding carboxylic acids is 1. The maximum Gasteiger partial charge on any atom is 0.313 e. The smallest absolute Gasteiger partial charge is 0.313 e. The Balaban J connectivity index is 1.56. The molecular formula is C18H30O3. The molecule has 4 saturated carbocycles. The molecule has 0 amide bonds. The van der Waals surface area contributed by atoms with Crippen molar-refractivity contribution >= 4 is 5.97 Å². The van der Waals surface area contributed by atoms with Gasteiger partial charge in [0.05, 0.1) is 11.5 Å². The molecule has 3 heteroatoms. The van der Waals surface area contributed by atoms with E-state index in [9.17, 15) is 4.79 Å². The van der Waals surface area contributed by atoms with E-state index in [2.05, 4.69) is 0 Å². The molecule has 0 aliphatic heterocycles. The van der Waals surface area contributed by atoms with Gasteiger partial charge in [0.1, 0.15) is 0 Å². The minimum Gasteiger partial charge on any atom is -0.436 e. The van der Waals surface area contributed by atoms with E-state index >= 15 is 0 Å². The second-order valence-electron chi connectivity index (χ2n) is 8.24. The van der Waals surface area contributed by atoms with E-state index in [-0.39, 0.29) is 5.97 Å². The Kier molecular flexibility index (Phi) is 4.06. The van der Waals surface area contributed by atoms with Gasteiger partial charge in [-0.05, 0) is 83.0 Å². The molecule has 1 atom stereocenters. The van der Waals surface area contributed by atoms with E-state index in [1.807, 2.05) is 27.7 Å². The minimum atomic E-state index is -0.415. The lowest BCUT2D eigenvalue weighted by Gasteiger charge is -2.54. The molecule has 4 fully saturated rings. The standard InChI is InChI=1S/C18H30O3/c1-5-18(3,4)17(19)21-11(2)20-16-14-7-12-6-13(9-14)10-15(16)8-12/h11-16H,5-10H2,1-4H3. The Morgan fingerprint density at radius 3 is 2.10 bits per heavy atom. The van der Waals surface area contributed by atoms with E-state index < -0.39 is 11.7 Å². The lowest BCUT2D eigenvalue weighted by atomic mass is 9.55. The summed E-state index contributed by atoms with van der Waals surface area (Å²) in [5.74, 6) is 3.18. The van der Waals surface area contributed by atoms with Gasteiger partial charge >= 0.3 is 5.97 Å². The van der Waals surface area contributed by atoms with Crippen LogP contribution in [0.3, 0.4) is 0 Å². The van der Waals surface area contributed by atoms with E-state index in [0.717, 1.165) is 18.3 Å². The first-order chi connectivity index (χ1) is 9.89. The number of carbonyl (C=O) groups is 1. The average molecular weight is 294 g/mol. The van der Waals surface area contributed by atoms with Gasteiger partial charge < -0.3 is 9.47 Å². The number of esters is 1. The van der Waals surface area contributed by atoms with Crippen LogP contribution in [-0.2, 0) is 14.3 Å². The first-order valence-electron chi connectivity index (χ1n) is 8.75. The van der Waals surface area contributed by atoms with Gasteiger partial charge in [0.25, 0.3) is 0 Å². The average Bonchev–Trinajstić information content (AvgIpc) is 2.42. The van der Waals surface area contributed by atoms with Crippen LogP contribution in [0.15, 0.2) is 0 Å². The quantitative estimate of drug-likeness (QED) is 0.564. The van der Waals surface area contributed by atoms with Crippen LogP contribution in [0.5, 0.6) is 0 Å². The fraction of sp³-hybridized carbons (Fsp3) is 0.944. The monoisotopic (exact) mass is 294 g/mol. The molecule has 0 aromatic carbocycles. The van der Waals surface area contributed by atoms with E-state index in [1.54, 1.807) is 0 Å². The lowest BCUT2D eigenvalue weighted by Crippen LogP contribution is -2.50. The second-order valence-corrected chi connectivity index (χ2v) is 8.24. The van der Waals surface area contributed by atoms with Gasteiger partial charge in [0, 0.05) is 0 Å². The van der Waals surface area contributed by atoms with Crippen LogP contribution in [0, 0.1) is 29.1 Å². The van der Waals surface area contributed by atoms with Gasteiger partial charge in [0.2, 0.25) is 0 Å². The van der Waals surface area contributed by atoms with Gasteiger partial charge in [-0.2, -0.15) is 0 Å². The summed E-state index contributed by atoms with van der Waals surface area (Å²) in [7, 11) is 0. The van der Waals surface area contributed by atoms with Crippen molar-refractivity contribution in [3.63, 3.8) is 0 Å². The third-order valence-electron chi connectivity index (χ3n) is 6.20. The molecule has 0 N–H and O–H groups in total. The molecule has 3 nitrogen and oxygen atoms in total. The first kappa shape index (κ1) is 15.3. The summed E-state index contributed by atoms with van der Waals surface area (Å²) in [6.45, 7) is 7.77. The molecule has 4 aliphatic rings. The molecule has 0 spiro atoms. The molecule has 120 valence electrons. The van der Waals surface area contributed by atoms with Gasteiger partial charge in [-0.25, -0.2) is 0 Å². The van der Waals surface area contributed by atoms with Crippen LogP contribution in [0.25, 0.3) is 0 Å². The number of ether oxygens (including phenoxy) is 2. The molecule has 0 aromatic rings. The number of hydrogen-bond donors (Lipinski definition) is 0. The topological polar surface area (TPSA) is 35.5 Å². The third-order valence-corrected chi connectivity index (χ3v) is 6.20. The summed E-state index contributed by atoms with van der Waals surface area (Å²) < 4.78 is 11.7. The molecule has 0 saturated heterocycles. The molecule has 4 rings (SSSR count). The van der Waals surface area contributed by atoms with Crippen LogP contribution in [0.1, 0.15) is 66.2 Å². The van der Waals surface area contributed by atoms with Crippen molar-refractivity contribution in [2.24, 2.45) is 29.1 Å². The largest absolute Gasteiger partial charge is 0.436 e. The van der Waals surface area contributed by atoms with Crippen LogP contribution in [0.2, 0.25) is 0 Å². The fourth-order valence-corrected chi connectivity index (χ4v) is 4.80. The van der Waals surface area contributed by atoms with Crippen molar-refractivity contribution in [1.82, 2.24) is 0 Å². The highest BCUT2D eigenvalue weighted by Gasteiger charge is 2.49. The highest BCUT2D eigenvalue weighted by molar-refractivity contribution is 5.75. The van der Waals surface area contributed by atoms with Gasteiger partial charge in [-0.3, -0.25) is 4.79 Å².